The highest BCUT2D eigenvalue weighted by Crippen LogP contribution is 2.46. The first kappa shape index (κ1) is 23.6. The van der Waals surface area contributed by atoms with Gasteiger partial charge in [-0.25, -0.2) is 0 Å². The summed E-state index contributed by atoms with van der Waals surface area (Å²) in [6, 6.07) is -0.143. The van der Waals surface area contributed by atoms with Gasteiger partial charge in [0.2, 0.25) is 11.8 Å². The van der Waals surface area contributed by atoms with Crippen molar-refractivity contribution >= 4 is 23.5 Å². The van der Waals surface area contributed by atoms with Crippen molar-refractivity contribution in [3.05, 3.63) is 33.8 Å². The highest BCUT2D eigenvalue weighted by Gasteiger charge is 2.39. The molecule has 2 N–H and O–H groups in total. The fourth-order valence-corrected chi connectivity index (χ4v) is 4.45. The highest BCUT2D eigenvalue weighted by atomic mass is 16.5. The van der Waals surface area contributed by atoms with Crippen molar-refractivity contribution < 1.29 is 24.2 Å². The third-order valence-corrected chi connectivity index (χ3v) is 6.97. The summed E-state index contributed by atoms with van der Waals surface area (Å²) in [5.41, 5.74) is -0.0766. The molecule has 1 aliphatic heterocycles. The Hall–Kier alpha value is -3.18. The Balaban J connectivity index is 1.52. The second kappa shape index (κ2) is 9.12. The number of ether oxygens (including phenoxy) is 2. The normalized spacial score (nSPS) is 21.5. The molecular formula is C24H31N5O6. The van der Waals surface area contributed by atoms with Gasteiger partial charge >= 0.3 is 0 Å². The molecule has 2 saturated carbocycles. The lowest BCUT2D eigenvalue weighted by Crippen LogP contribution is -2.50. The minimum Gasteiger partial charge on any atom is -0.492 e. The first-order chi connectivity index (χ1) is 16.8. The number of amides is 2. The summed E-state index contributed by atoms with van der Waals surface area (Å²) >= 11 is 0. The predicted molar refractivity (Wildman–Crippen MR) is 126 cm³/mol. The molecule has 0 radical (unpaired) electrons. The molecular weight excluding hydrogens is 454 g/mol. The molecule has 11 heteroatoms. The van der Waals surface area contributed by atoms with E-state index in [0.717, 1.165) is 25.7 Å². The van der Waals surface area contributed by atoms with Gasteiger partial charge in [0.05, 0.1) is 32.1 Å². The van der Waals surface area contributed by atoms with E-state index in [0.29, 0.717) is 44.1 Å². The van der Waals surface area contributed by atoms with Crippen molar-refractivity contribution in [3.8, 4) is 5.88 Å². The second-order valence-electron chi connectivity index (χ2n) is 10.0. The maximum absolute atomic E-state index is 13.5. The van der Waals surface area contributed by atoms with Crippen molar-refractivity contribution in [2.45, 2.75) is 51.2 Å². The molecule has 188 valence electrons. The maximum atomic E-state index is 13.5. The minimum atomic E-state index is -0.592. The Labute approximate surface area is 202 Å². The topological polar surface area (TPSA) is 127 Å². The molecule has 2 aromatic rings. The summed E-state index contributed by atoms with van der Waals surface area (Å²) < 4.78 is 13.4. The van der Waals surface area contributed by atoms with Crippen LogP contribution in [0.2, 0.25) is 0 Å². The molecule has 3 aliphatic rings. The van der Waals surface area contributed by atoms with Crippen molar-refractivity contribution in [2.24, 2.45) is 5.41 Å². The largest absolute Gasteiger partial charge is 0.492 e. The van der Waals surface area contributed by atoms with Crippen LogP contribution in [0.3, 0.4) is 0 Å². The summed E-state index contributed by atoms with van der Waals surface area (Å²) in [5.74, 6) is -1.30. The van der Waals surface area contributed by atoms with Crippen LogP contribution in [0.5, 0.6) is 5.88 Å². The third kappa shape index (κ3) is 4.70. The Morgan fingerprint density at radius 3 is 2.83 bits per heavy atom. The van der Waals surface area contributed by atoms with E-state index in [1.807, 2.05) is 0 Å². The molecule has 0 aromatic carbocycles. The first-order valence-electron chi connectivity index (χ1n) is 12.0. The fraction of sp³-hybridized carbons (Fsp3) is 0.583. The Bertz CT molecular complexity index is 1240. The van der Waals surface area contributed by atoms with Gasteiger partial charge in [0.15, 0.2) is 5.56 Å². The number of aromatic hydroxyl groups is 1. The molecule has 1 saturated heterocycles. The van der Waals surface area contributed by atoms with Crippen molar-refractivity contribution in [3.63, 3.8) is 0 Å². The molecule has 3 fully saturated rings. The van der Waals surface area contributed by atoms with Crippen LogP contribution in [0.4, 0.5) is 0 Å². The van der Waals surface area contributed by atoms with E-state index < -0.39 is 17.3 Å². The zero-order valence-corrected chi connectivity index (χ0v) is 20.0. The van der Waals surface area contributed by atoms with Crippen LogP contribution in [-0.4, -0.2) is 81.6 Å². The Kier molecular flexibility index (Phi) is 6.14. The van der Waals surface area contributed by atoms with E-state index in [1.54, 1.807) is 18.1 Å². The number of hydrogen-bond acceptors (Lipinski definition) is 7. The lowest BCUT2D eigenvalue weighted by atomic mass is 10.1. The van der Waals surface area contributed by atoms with Crippen LogP contribution in [-0.2, 0) is 20.8 Å². The Morgan fingerprint density at radius 2 is 2.14 bits per heavy atom. The summed E-state index contributed by atoms with van der Waals surface area (Å²) in [6.07, 6.45) is 8.17. The maximum Gasteiger partial charge on any atom is 0.270 e. The van der Waals surface area contributed by atoms with Crippen LogP contribution < -0.4 is 10.9 Å². The summed E-state index contributed by atoms with van der Waals surface area (Å²) in [5, 5.41) is 17.9. The van der Waals surface area contributed by atoms with E-state index in [-0.39, 0.29) is 29.0 Å². The summed E-state index contributed by atoms with van der Waals surface area (Å²) in [4.78, 5) is 40.9. The van der Waals surface area contributed by atoms with Gasteiger partial charge in [0.25, 0.3) is 11.5 Å². The SMILES string of the molecule is COC[C@H]1COCCN1C(=O)/C=C/c1cnn2c(O)c(C(=O)NC3CC3)c(=O)n(CC3(C)CC3)c12. The number of nitrogens with one attached hydrogen (secondary N) is 1. The number of methoxy groups -OCH3 is 1. The molecule has 35 heavy (non-hydrogen) atoms. The van der Waals surface area contributed by atoms with Gasteiger partial charge in [-0.2, -0.15) is 9.61 Å². The molecule has 0 unspecified atom stereocenters. The number of fused-ring (bicyclic) bond motifs is 1. The van der Waals surface area contributed by atoms with Gasteiger partial charge < -0.3 is 24.8 Å². The van der Waals surface area contributed by atoms with Crippen molar-refractivity contribution in [2.75, 3.05) is 33.5 Å². The number of hydrogen-bond donors (Lipinski definition) is 2. The van der Waals surface area contributed by atoms with Crippen molar-refractivity contribution in [1.29, 1.82) is 0 Å². The number of aromatic nitrogens is 3. The smallest absolute Gasteiger partial charge is 0.270 e. The number of rotatable bonds is 8. The van der Waals surface area contributed by atoms with E-state index in [2.05, 4.69) is 17.3 Å². The summed E-state index contributed by atoms with van der Waals surface area (Å²) in [6.45, 7) is 4.15. The van der Waals surface area contributed by atoms with Gasteiger partial charge in [-0.3, -0.25) is 19.0 Å². The van der Waals surface area contributed by atoms with Gasteiger partial charge in [0.1, 0.15) is 5.65 Å². The average molecular weight is 486 g/mol. The zero-order chi connectivity index (χ0) is 24.7. The zero-order valence-electron chi connectivity index (χ0n) is 20.0. The van der Waals surface area contributed by atoms with Crippen LogP contribution in [0, 0.1) is 5.41 Å². The van der Waals surface area contributed by atoms with Crippen molar-refractivity contribution in [1.82, 2.24) is 24.4 Å². The minimum absolute atomic E-state index is 0.0376. The second-order valence-corrected chi connectivity index (χ2v) is 10.0. The predicted octanol–water partition coefficient (Wildman–Crippen LogP) is 0.781. The average Bonchev–Trinajstić information content (AvgIpc) is 3.75. The van der Waals surface area contributed by atoms with Crippen LogP contribution in [0.15, 0.2) is 17.1 Å². The highest BCUT2D eigenvalue weighted by molar-refractivity contribution is 5.97. The van der Waals surface area contributed by atoms with E-state index in [4.69, 9.17) is 9.47 Å². The van der Waals surface area contributed by atoms with Gasteiger partial charge in [-0.1, -0.05) is 6.92 Å². The van der Waals surface area contributed by atoms with Crippen LogP contribution in [0.25, 0.3) is 11.7 Å². The number of carbonyl (C=O) groups is 2. The molecule has 5 rings (SSSR count). The lowest BCUT2D eigenvalue weighted by Gasteiger charge is -2.34. The number of carbonyl (C=O) groups excluding carboxylic acids is 2. The van der Waals surface area contributed by atoms with Gasteiger partial charge in [-0.15, -0.1) is 0 Å². The molecule has 2 amide bonds. The number of nitrogens with zero attached hydrogens (tertiary/aromatic N) is 4. The summed E-state index contributed by atoms with van der Waals surface area (Å²) in [7, 11) is 1.58. The standard InChI is InChI=1S/C24H31N5O6/c1-24(7-8-24)14-28-21-15(3-6-18(30)27-9-10-35-13-17(27)12-34-2)11-25-29(21)23(33)19(22(28)32)20(31)26-16-4-5-16/h3,6,11,16-17,33H,4-5,7-10,12-14H2,1-2H3,(H,26,31)/b6-3+/t17-/m0/s1. The molecule has 2 aromatic heterocycles. The van der Waals surface area contributed by atoms with E-state index >= 15 is 0 Å². The first-order valence-corrected chi connectivity index (χ1v) is 12.0. The van der Waals surface area contributed by atoms with E-state index in [9.17, 15) is 19.5 Å². The lowest BCUT2D eigenvalue weighted by molar-refractivity contribution is -0.136. The number of morpholine rings is 1. The van der Waals surface area contributed by atoms with Gasteiger partial charge in [0, 0.05) is 37.9 Å². The molecule has 0 spiro atoms. The third-order valence-electron chi connectivity index (χ3n) is 6.97. The molecule has 2 aliphatic carbocycles. The molecule has 1 atom stereocenters. The fourth-order valence-electron chi connectivity index (χ4n) is 4.45. The van der Waals surface area contributed by atoms with Gasteiger partial charge in [-0.05, 0) is 37.2 Å². The molecule has 11 nitrogen and oxygen atoms in total. The van der Waals surface area contributed by atoms with Crippen LogP contribution >= 0.6 is 0 Å². The molecule has 3 heterocycles. The molecule has 0 bridgehead atoms. The van der Waals surface area contributed by atoms with E-state index in [1.165, 1.54) is 21.4 Å². The Morgan fingerprint density at radius 1 is 1.37 bits per heavy atom. The quantitative estimate of drug-likeness (QED) is 0.529. The monoisotopic (exact) mass is 485 g/mol. The van der Waals surface area contributed by atoms with Crippen LogP contribution in [0.1, 0.15) is 48.5 Å².